The van der Waals surface area contributed by atoms with Gasteiger partial charge in [0.15, 0.2) is 11.6 Å². The van der Waals surface area contributed by atoms with Crippen LogP contribution in [-0.4, -0.2) is 52.4 Å². The summed E-state index contributed by atoms with van der Waals surface area (Å²) in [5.74, 6) is -1.07. The molecule has 0 spiro atoms. The topological polar surface area (TPSA) is 83.8 Å². The molecule has 192 valence electrons. The van der Waals surface area contributed by atoms with Gasteiger partial charge < -0.3 is 14.9 Å². The van der Waals surface area contributed by atoms with Crippen LogP contribution in [0.25, 0.3) is 0 Å². The van der Waals surface area contributed by atoms with Crippen LogP contribution in [0.3, 0.4) is 0 Å². The predicted octanol–water partition coefficient (Wildman–Crippen LogP) is 4.58. The Morgan fingerprint density at radius 1 is 1.21 bits per heavy atom. The van der Waals surface area contributed by atoms with E-state index in [0.29, 0.717) is 32.3 Å². The highest BCUT2D eigenvalue weighted by molar-refractivity contribution is 5.92. The molecule has 4 aliphatic carbocycles. The first-order valence-corrected chi connectivity index (χ1v) is 13.3. The van der Waals surface area contributed by atoms with Crippen molar-refractivity contribution in [2.75, 3.05) is 13.2 Å². The van der Waals surface area contributed by atoms with Crippen molar-refractivity contribution in [2.24, 2.45) is 34.5 Å². The lowest BCUT2D eigenvalue weighted by molar-refractivity contribution is -0.240. The standard InChI is InChI=1S/C28H43FO5/c1-6-7-8-11-34-28(24(33)16-30)18(3)13-21-22-12-17(2)20-14-19(31)9-10-25(20,4)27(22,29)23(32)15-26(21,28)5/h14,17-18,21-23,30,32H,6-13,15-16H2,1-5H3/t17?,18?,21-,22-,23?,25-,26-,27-,28-/m0/s1. The number of aliphatic hydroxyl groups excluding tert-OH is 2. The van der Waals surface area contributed by atoms with Gasteiger partial charge in [-0.15, -0.1) is 0 Å². The van der Waals surface area contributed by atoms with Gasteiger partial charge in [0.25, 0.3) is 0 Å². The zero-order chi connectivity index (χ0) is 25.1. The van der Waals surface area contributed by atoms with E-state index in [4.69, 9.17) is 4.74 Å². The number of rotatable bonds is 7. The molecule has 0 aromatic rings. The summed E-state index contributed by atoms with van der Waals surface area (Å²) in [7, 11) is 0. The molecule has 5 nitrogen and oxygen atoms in total. The molecule has 3 fully saturated rings. The number of halogens is 1. The molecule has 3 unspecified atom stereocenters. The third-order valence-corrected chi connectivity index (χ3v) is 10.5. The molecular weight excluding hydrogens is 435 g/mol. The minimum absolute atomic E-state index is 0.0296. The number of carbonyl (C=O) groups excluding carboxylic acids is 2. The quantitative estimate of drug-likeness (QED) is 0.523. The molecule has 9 atom stereocenters. The Morgan fingerprint density at radius 3 is 2.56 bits per heavy atom. The fraction of sp³-hybridized carbons (Fsp3) is 0.857. The molecule has 34 heavy (non-hydrogen) atoms. The first-order valence-electron chi connectivity index (χ1n) is 13.3. The van der Waals surface area contributed by atoms with E-state index in [1.165, 1.54) is 0 Å². The fourth-order valence-electron chi connectivity index (χ4n) is 8.97. The normalized spacial score (nSPS) is 48.1. The monoisotopic (exact) mass is 478 g/mol. The number of carbonyl (C=O) groups is 2. The molecule has 2 N–H and O–H groups in total. The molecule has 0 saturated heterocycles. The van der Waals surface area contributed by atoms with Gasteiger partial charge in [-0.25, -0.2) is 4.39 Å². The van der Waals surface area contributed by atoms with E-state index in [1.54, 1.807) is 6.08 Å². The summed E-state index contributed by atoms with van der Waals surface area (Å²) in [5.41, 5.74) is -3.94. The maximum Gasteiger partial charge on any atom is 0.190 e. The van der Waals surface area contributed by atoms with Crippen molar-refractivity contribution < 1.29 is 28.9 Å². The summed E-state index contributed by atoms with van der Waals surface area (Å²) in [4.78, 5) is 25.6. The minimum Gasteiger partial charge on any atom is -0.390 e. The molecule has 4 aliphatic rings. The summed E-state index contributed by atoms with van der Waals surface area (Å²) < 4.78 is 23.9. The van der Waals surface area contributed by atoms with Crippen molar-refractivity contribution in [1.29, 1.82) is 0 Å². The maximum atomic E-state index is 17.5. The number of alkyl halides is 1. The van der Waals surface area contributed by atoms with Crippen LogP contribution >= 0.6 is 0 Å². The fourth-order valence-corrected chi connectivity index (χ4v) is 8.97. The lowest BCUT2D eigenvalue weighted by Crippen LogP contribution is -2.71. The summed E-state index contributed by atoms with van der Waals surface area (Å²) >= 11 is 0. The molecule has 0 aromatic heterocycles. The van der Waals surface area contributed by atoms with Crippen molar-refractivity contribution >= 4 is 11.6 Å². The van der Waals surface area contributed by atoms with Gasteiger partial charge in [0.1, 0.15) is 17.9 Å². The van der Waals surface area contributed by atoms with Crippen LogP contribution in [0.5, 0.6) is 0 Å². The number of hydrogen-bond acceptors (Lipinski definition) is 5. The maximum absolute atomic E-state index is 17.5. The van der Waals surface area contributed by atoms with Crippen molar-refractivity contribution in [3.05, 3.63) is 11.6 Å². The lowest BCUT2D eigenvalue weighted by Gasteiger charge is -2.65. The first kappa shape index (κ1) is 26.0. The van der Waals surface area contributed by atoms with Gasteiger partial charge in [-0.05, 0) is 55.9 Å². The van der Waals surface area contributed by atoms with Crippen LogP contribution < -0.4 is 0 Å². The van der Waals surface area contributed by atoms with Crippen molar-refractivity contribution in [2.45, 2.75) is 103 Å². The molecule has 6 heteroatoms. The summed E-state index contributed by atoms with van der Waals surface area (Å²) in [5, 5.41) is 21.6. The van der Waals surface area contributed by atoms with Crippen LogP contribution in [0.2, 0.25) is 0 Å². The number of aliphatic hydroxyl groups is 2. The zero-order valence-corrected chi connectivity index (χ0v) is 21.5. The predicted molar refractivity (Wildman–Crippen MR) is 128 cm³/mol. The van der Waals surface area contributed by atoms with E-state index in [1.807, 2.05) is 20.8 Å². The van der Waals surface area contributed by atoms with Gasteiger partial charge in [-0.1, -0.05) is 53.0 Å². The second kappa shape index (κ2) is 8.77. The van der Waals surface area contributed by atoms with Gasteiger partial charge >= 0.3 is 0 Å². The number of ketones is 2. The lowest BCUT2D eigenvalue weighted by atomic mass is 9.42. The van der Waals surface area contributed by atoms with Crippen LogP contribution in [0.4, 0.5) is 4.39 Å². The van der Waals surface area contributed by atoms with E-state index < -0.39 is 40.7 Å². The number of hydrogen-bond donors (Lipinski definition) is 2. The van der Waals surface area contributed by atoms with Crippen LogP contribution in [0.15, 0.2) is 11.6 Å². The summed E-state index contributed by atoms with van der Waals surface area (Å²) in [6.45, 7) is 9.83. The Balaban J connectivity index is 1.79. The molecule has 0 aromatic carbocycles. The highest BCUT2D eigenvalue weighted by atomic mass is 19.1. The van der Waals surface area contributed by atoms with Crippen LogP contribution in [-0.2, 0) is 14.3 Å². The second-order valence-corrected chi connectivity index (χ2v) is 12.2. The Labute approximate surface area is 203 Å². The highest BCUT2D eigenvalue weighted by Gasteiger charge is 2.76. The Hall–Kier alpha value is -1.11. The van der Waals surface area contributed by atoms with E-state index in [2.05, 4.69) is 13.8 Å². The largest absolute Gasteiger partial charge is 0.390 e. The van der Waals surface area contributed by atoms with Crippen molar-refractivity contribution in [3.63, 3.8) is 0 Å². The molecule has 0 heterocycles. The number of fused-ring (bicyclic) bond motifs is 5. The highest BCUT2D eigenvalue weighted by Crippen LogP contribution is 2.72. The van der Waals surface area contributed by atoms with E-state index in [-0.39, 0.29) is 35.7 Å². The van der Waals surface area contributed by atoms with Crippen LogP contribution in [0, 0.1) is 34.5 Å². The molecule has 0 radical (unpaired) electrons. The molecule has 0 bridgehead atoms. The van der Waals surface area contributed by atoms with E-state index in [0.717, 1.165) is 24.8 Å². The van der Waals surface area contributed by atoms with Crippen molar-refractivity contribution in [3.8, 4) is 0 Å². The Morgan fingerprint density at radius 2 is 1.91 bits per heavy atom. The first-order chi connectivity index (χ1) is 15.9. The molecule has 3 saturated carbocycles. The SMILES string of the molecule is CCCCCO[C@]1(C(=O)CO)C(C)C[C@H]2[C@@H]3CC(C)C4=CC(=O)CC[C@]4(C)[C@@]3(F)C(O)C[C@@]21C. The van der Waals surface area contributed by atoms with Gasteiger partial charge in [-0.3, -0.25) is 9.59 Å². The summed E-state index contributed by atoms with van der Waals surface area (Å²) in [6.07, 6.45) is 5.17. The number of unbranched alkanes of at least 4 members (excludes halogenated alkanes) is 2. The summed E-state index contributed by atoms with van der Waals surface area (Å²) in [6, 6.07) is 0. The average molecular weight is 479 g/mol. The van der Waals surface area contributed by atoms with Gasteiger partial charge in [0, 0.05) is 29.8 Å². The number of ether oxygens (including phenoxy) is 1. The third-order valence-electron chi connectivity index (χ3n) is 10.5. The Bertz CT molecular complexity index is 871. The second-order valence-electron chi connectivity index (χ2n) is 12.2. The minimum atomic E-state index is -1.86. The van der Waals surface area contributed by atoms with Crippen molar-refractivity contribution in [1.82, 2.24) is 0 Å². The smallest absolute Gasteiger partial charge is 0.190 e. The average Bonchev–Trinajstić information content (AvgIpc) is 3.01. The number of allylic oxidation sites excluding steroid dienone is 1. The molecule has 4 rings (SSSR count). The van der Waals surface area contributed by atoms with E-state index in [9.17, 15) is 19.8 Å². The number of Topliss-reactive ketones (excluding diaryl/α,β-unsaturated/α-hetero) is 1. The van der Waals surface area contributed by atoms with Crippen LogP contribution in [0.1, 0.15) is 86.0 Å². The van der Waals surface area contributed by atoms with Gasteiger partial charge in [0.05, 0.1) is 6.10 Å². The Kier molecular flexibility index (Phi) is 6.70. The third kappa shape index (κ3) is 3.20. The van der Waals surface area contributed by atoms with E-state index >= 15 is 4.39 Å². The molecule has 0 aliphatic heterocycles. The van der Waals surface area contributed by atoms with Gasteiger partial charge in [0.2, 0.25) is 0 Å². The molecule has 0 amide bonds. The van der Waals surface area contributed by atoms with Gasteiger partial charge in [-0.2, -0.15) is 0 Å². The zero-order valence-electron chi connectivity index (χ0n) is 21.5. The molecular formula is C28H43FO5.